The lowest BCUT2D eigenvalue weighted by Crippen LogP contribution is -2.48. The molecule has 1 aromatic carbocycles. The Hall–Kier alpha value is -2.04. The second-order valence-corrected chi connectivity index (χ2v) is 5.51. The zero-order valence-corrected chi connectivity index (χ0v) is 11.7. The highest BCUT2D eigenvalue weighted by atomic mass is 16.4. The SMILES string of the molecule is CC(C)C(NC(=O)C1CNc2ccccc2C1)C(=O)O. The highest BCUT2D eigenvalue weighted by Gasteiger charge is 2.29. The molecule has 2 atom stereocenters. The predicted molar refractivity (Wildman–Crippen MR) is 76.5 cm³/mol. The molecule has 0 aromatic heterocycles. The molecular weight excluding hydrogens is 256 g/mol. The first-order valence-corrected chi connectivity index (χ1v) is 6.84. The zero-order valence-electron chi connectivity index (χ0n) is 11.7. The maximum Gasteiger partial charge on any atom is 0.326 e. The van der Waals surface area contributed by atoms with E-state index >= 15 is 0 Å². The molecule has 1 aliphatic heterocycles. The van der Waals surface area contributed by atoms with Gasteiger partial charge < -0.3 is 15.7 Å². The van der Waals surface area contributed by atoms with E-state index in [1.54, 1.807) is 13.8 Å². The van der Waals surface area contributed by atoms with Gasteiger partial charge in [0, 0.05) is 12.2 Å². The molecule has 0 bridgehead atoms. The number of hydrogen-bond acceptors (Lipinski definition) is 3. The third-order valence-corrected chi connectivity index (χ3v) is 3.62. The van der Waals surface area contributed by atoms with Crippen LogP contribution in [0.2, 0.25) is 0 Å². The normalized spacial score (nSPS) is 18.9. The monoisotopic (exact) mass is 276 g/mol. The average Bonchev–Trinajstić information content (AvgIpc) is 2.43. The number of carboxylic acids is 1. The van der Waals surface area contributed by atoms with Gasteiger partial charge in [0.2, 0.25) is 5.91 Å². The quantitative estimate of drug-likeness (QED) is 0.778. The number of hydrogen-bond donors (Lipinski definition) is 3. The Balaban J connectivity index is 2.03. The Kier molecular flexibility index (Phi) is 4.27. The third-order valence-electron chi connectivity index (χ3n) is 3.62. The van der Waals surface area contributed by atoms with Gasteiger partial charge in [-0.2, -0.15) is 0 Å². The summed E-state index contributed by atoms with van der Waals surface area (Å²) >= 11 is 0. The van der Waals surface area contributed by atoms with Crippen LogP contribution in [0.25, 0.3) is 0 Å². The number of rotatable bonds is 4. The molecule has 0 aliphatic carbocycles. The molecule has 0 radical (unpaired) electrons. The van der Waals surface area contributed by atoms with Gasteiger partial charge in [-0.15, -0.1) is 0 Å². The molecule has 20 heavy (non-hydrogen) atoms. The number of amides is 1. The molecule has 1 heterocycles. The summed E-state index contributed by atoms with van der Waals surface area (Å²) in [5.41, 5.74) is 2.14. The summed E-state index contributed by atoms with van der Waals surface area (Å²) in [5, 5.41) is 15.0. The van der Waals surface area contributed by atoms with E-state index in [-0.39, 0.29) is 17.7 Å². The van der Waals surface area contributed by atoms with Crippen molar-refractivity contribution in [2.24, 2.45) is 11.8 Å². The fraction of sp³-hybridized carbons (Fsp3) is 0.467. The molecular formula is C15H20N2O3. The first kappa shape index (κ1) is 14.4. The number of benzene rings is 1. The second-order valence-electron chi connectivity index (χ2n) is 5.51. The molecule has 0 saturated heterocycles. The highest BCUT2D eigenvalue weighted by Crippen LogP contribution is 2.24. The smallest absolute Gasteiger partial charge is 0.326 e. The first-order valence-electron chi connectivity index (χ1n) is 6.84. The van der Waals surface area contributed by atoms with Crippen molar-refractivity contribution < 1.29 is 14.7 Å². The van der Waals surface area contributed by atoms with Crippen LogP contribution in [0.3, 0.4) is 0 Å². The molecule has 1 aromatic rings. The van der Waals surface area contributed by atoms with Crippen LogP contribution >= 0.6 is 0 Å². The molecule has 0 saturated carbocycles. The molecule has 2 rings (SSSR count). The molecule has 1 aliphatic rings. The van der Waals surface area contributed by atoms with Gasteiger partial charge in [0.15, 0.2) is 0 Å². The summed E-state index contributed by atoms with van der Waals surface area (Å²) in [6.07, 6.45) is 0.638. The summed E-state index contributed by atoms with van der Waals surface area (Å²) in [6.45, 7) is 4.11. The van der Waals surface area contributed by atoms with Gasteiger partial charge in [0.25, 0.3) is 0 Å². The van der Waals surface area contributed by atoms with E-state index in [4.69, 9.17) is 5.11 Å². The summed E-state index contributed by atoms with van der Waals surface area (Å²) in [4.78, 5) is 23.3. The van der Waals surface area contributed by atoms with Gasteiger partial charge >= 0.3 is 5.97 Å². The fourth-order valence-corrected chi connectivity index (χ4v) is 2.41. The predicted octanol–water partition coefficient (Wildman–Crippen LogP) is 1.50. The number of anilines is 1. The maximum absolute atomic E-state index is 12.2. The topological polar surface area (TPSA) is 78.4 Å². The van der Waals surface area contributed by atoms with Crippen LogP contribution in [0, 0.1) is 11.8 Å². The maximum atomic E-state index is 12.2. The van der Waals surface area contributed by atoms with Crippen LogP contribution in [-0.2, 0) is 16.0 Å². The summed E-state index contributed by atoms with van der Waals surface area (Å²) in [6, 6.07) is 7.02. The van der Waals surface area contributed by atoms with Crippen molar-refractivity contribution in [3.63, 3.8) is 0 Å². The number of aliphatic carboxylic acids is 1. The minimum Gasteiger partial charge on any atom is -0.480 e. The van der Waals surface area contributed by atoms with Crippen LogP contribution in [0.15, 0.2) is 24.3 Å². The van der Waals surface area contributed by atoms with Crippen molar-refractivity contribution in [3.8, 4) is 0 Å². The zero-order chi connectivity index (χ0) is 14.7. The van der Waals surface area contributed by atoms with E-state index in [2.05, 4.69) is 10.6 Å². The molecule has 0 fully saturated rings. The van der Waals surface area contributed by atoms with E-state index in [0.29, 0.717) is 13.0 Å². The minimum absolute atomic E-state index is 0.139. The van der Waals surface area contributed by atoms with Crippen molar-refractivity contribution >= 4 is 17.6 Å². The Labute approximate surface area is 118 Å². The number of carbonyl (C=O) groups excluding carboxylic acids is 1. The second kappa shape index (κ2) is 5.94. The van der Waals surface area contributed by atoms with Gasteiger partial charge in [-0.25, -0.2) is 4.79 Å². The van der Waals surface area contributed by atoms with Crippen LogP contribution in [0.1, 0.15) is 19.4 Å². The number of carbonyl (C=O) groups is 2. The number of carboxylic acid groups (broad SMARTS) is 1. The van der Waals surface area contributed by atoms with E-state index in [1.165, 1.54) is 0 Å². The molecule has 108 valence electrons. The Bertz CT molecular complexity index is 514. The third kappa shape index (κ3) is 3.10. The van der Waals surface area contributed by atoms with E-state index in [9.17, 15) is 9.59 Å². The van der Waals surface area contributed by atoms with E-state index in [0.717, 1.165) is 11.3 Å². The number of nitrogens with one attached hydrogen (secondary N) is 2. The molecule has 0 spiro atoms. The van der Waals surface area contributed by atoms with E-state index < -0.39 is 12.0 Å². The Morgan fingerprint density at radius 1 is 1.35 bits per heavy atom. The van der Waals surface area contributed by atoms with Gasteiger partial charge in [-0.3, -0.25) is 4.79 Å². The van der Waals surface area contributed by atoms with Crippen LogP contribution in [0.4, 0.5) is 5.69 Å². The van der Waals surface area contributed by atoms with Crippen molar-refractivity contribution in [1.29, 1.82) is 0 Å². The molecule has 5 nitrogen and oxygen atoms in total. The first-order chi connectivity index (χ1) is 9.49. The highest BCUT2D eigenvalue weighted by molar-refractivity contribution is 5.86. The Morgan fingerprint density at radius 3 is 2.70 bits per heavy atom. The minimum atomic E-state index is -0.988. The molecule has 1 amide bonds. The van der Waals surface area contributed by atoms with Crippen molar-refractivity contribution in [1.82, 2.24) is 5.32 Å². The lowest BCUT2D eigenvalue weighted by Gasteiger charge is -2.27. The molecule has 5 heteroatoms. The van der Waals surface area contributed by atoms with Gasteiger partial charge in [0.1, 0.15) is 6.04 Å². The van der Waals surface area contributed by atoms with Crippen LogP contribution < -0.4 is 10.6 Å². The number of fused-ring (bicyclic) bond motifs is 1. The van der Waals surface area contributed by atoms with Gasteiger partial charge in [-0.1, -0.05) is 32.0 Å². The fourth-order valence-electron chi connectivity index (χ4n) is 2.41. The van der Waals surface area contributed by atoms with Crippen molar-refractivity contribution in [3.05, 3.63) is 29.8 Å². The standard InChI is InChI=1S/C15H20N2O3/c1-9(2)13(15(19)20)17-14(18)11-7-10-5-3-4-6-12(10)16-8-11/h3-6,9,11,13,16H,7-8H2,1-2H3,(H,17,18)(H,19,20). The molecule has 3 N–H and O–H groups in total. The van der Waals surface area contributed by atoms with Gasteiger partial charge in [-0.05, 0) is 24.0 Å². The van der Waals surface area contributed by atoms with E-state index in [1.807, 2.05) is 24.3 Å². The number of para-hydroxylation sites is 1. The lowest BCUT2D eigenvalue weighted by molar-refractivity contribution is -0.143. The van der Waals surface area contributed by atoms with Crippen molar-refractivity contribution in [2.45, 2.75) is 26.3 Å². The van der Waals surface area contributed by atoms with Gasteiger partial charge in [0.05, 0.1) is 5.92 Å². The van der Waals surface area contributed by atoms with Crippen molar-refractivity contribution in [2.75, 3.05) is 11.9 Å². The van der Waals surface area contributed by atoms with Crippen LogP contribution in [0.5, 0.6) is 0 Å². The largest absolute Gasteiger partial charge is 0.480 e. The van der Waals surface area contributed by atoms with Crippen LogP contribution in [-0.4, -0.2) is 29.6 Å². The summed E-state index contributed by atoms with van der Waals surface area (Å²) in [7, 11) is 0. The lowest BCUT2D eigenvalue weighted by atomic mass is 9.92. The Morgan fingerprint density at radius 2 is 2.05 bits per heavy atom. The summed E-state index contributed by atoms with van der Waals surface area (Å²) in [5.74, 6) is -1.56. The summed E-state index contributed by atoms with van der Waals surface area (Å²) < 4.78 is 0. The average molecular weight is 276 g/mol. The molecule has 2 unspecified atom stereocenters.